The number of nitrogens with zero attached hydrogens (tertiary/aromatic N) is 2. The zero-order valence-corrected chi connectivity index (χ0v) is 16.1. The minimum absolute atomic E-state index is 0.0184. The number of benzene rings is 2. The normalized spacial score (nSPS) is 12.5. The molecule has 1 atom stereocenters. The van der Waals surface area contributed by atoms with Crippen LogP contribution < -0.4 is 5.32 Å². The maximum absolute atomic E-state index is 12.3. The van der Waals surface area contributed by atoms with Crippen molar-refractivity contribution in [1.82, 2.24) is 9.88 Å². The summed E-state index contributed by atoms with van der Waals surface area (Å²) in [7, 11) is 1.89. The quantitative estimate of drug-likeness (QED) is 0.644. The molecular weight excluding hydrogens is 377 g/mol. The highest BCUT2D eigenvalue weighted by atomic mass is 35.5. The molecule has 0 saturated heterocycles. The van der Waals surface area contributed by atoms with Crippen molar-refractivity contribution in [2.75, 3.05) is 18.9 Å². The van der Waals surface area contributed by atoms with Gasteiger partial charge < -0.3 is 5.32 Å². The van der Waals surface area contributed by atoms with Crippen molar-refractivity contribution in [3.05, 3.63) is 57.5 Å². The third kappa shape index (κ3) is 4.12. The van der Waals surface area contributed by atoms with Crippen molar-refractivity contribution in [2.24, 2.45) is 0 Å². The molecule has 130 valence electrons. The minimum Gasteiger partial charge on any atom is -0.322 e. The number of likely N-dealkylation sites (N-methyl/N-ethyl adjacent to an activating group) is 1. The Kier molecular flexibility index (Phi) is 5.59. The topological polar surface area (TPSA) is 45.2 Å². The Hall–Kier alpha value is -1.66. The number of halogens is 2. The molecule has 3 aromatic rings. The van der Waals surface area contributed by atoms with E-state index in [1.165, 1.54) is 0 Å². The first-order chi connectivity index (χ1) is 12.0. The van der Waals surface area contributed by atoms with Crippen molar-refractivity contribution in [3.8, 4) is 0 Å². The van der Waals surface area contributed by atoms with Gasteiger partial charge in [-0.2, -0.15) is 0 Å². The molecule has 3 rings (SSSR count). The summed E-state index contributed by atoms with van der Waals surface area (Å²) < 4.78 is 1.14. The molecule has 0 aliphatic rings. The number of hydrogen-bond donors (Lipinski definition) is 1. The fraction of sp³-hybridized carbons (Fsp3) is 0.222. The molecule has 1 N–H and O–H groups in total. The lowest BCUT2D eigenvalue weighted by molar-refractivity contribution is -0.117. The predicted octanol–water partition coefficient (Wildman–Crippen LogP) is 5.23. The number of rotatable bonds is 5. The molecule has 0 bridgehead atoms. The Morgan fingerprint density at radius 1 is 1.20 bits per heavy atom. The second kappa shape index (κ2) is 7.70. The molecule has 25 heavy (non-hydrogen) atoms. The average molecular weight is 394 g/mol. The third-order valence-corrected chi connectivity index (χ3v) is 5.79. The van der Waals surface area contributed by atoms with Gasteiger partial charge in [-0.1, -0.05) is 41.4 Å². The molecule has 2 aromatic carbocycles. The van der Waals surface area contributed by atoms with E-state index < -0.39 is 0 Å². The van der Waals surface area contributed by atoms with E-state index in [0.29, 0.717) is 15.7 Å². The largest absolute Gasteiger partial charge is 0.322 e. The van der Waals surface area contributed by atoms with Crippen molar-refractivity contribution >= 4 is 56.3 Å². The van der Waals surface area contributed by atoms with Crippen LogP contribution in [-0.4, -0.2) is 29.4 Å². The number of hydrogen-bond acceptors (Lipinski definition) is 4. The first-order valence-electron chi connectivity index (χ1n) is 7.75. The monoisotopic (exact) mass is 393 g/mol. The lowest BCUT2D eigenvalue weighted by Crippen LogP contribution is -2.32. The summed E-state index contributed by atoms with van der Waals surface area (Å²) >= 11 is 13.8. The van der Waals surface area contributed by atoms with E-state index in [1.54, 1.807) is 29.5 Å². The fourth-order valence-corrected chi connectivity index (χ4v) is 3.99. The molecule has 0 unspecified atom stereocenters. The van der Waals surface area contributed by atoms with Gasteiger partial charge in [0.05, 0.1) is 38.5 Å². The van der Waals surface area contributed by atoms with E-state index in [9.17, 15) is 4.79 Å². The lowest BCUT2D eigenvalue weighted by atomic mass is 10.3. The highest BCUT2D eigenvalue weighted by Crippen LogP contribution is 2.31. The molecule has 4 nitrogen and oxygen atoms in total. The summed E-state index contributed by atoms with van der Waals surface area (Å²) in [5.74, 6) is -0.175. The predicted molar refractivity (Wildman–Crippen MR) is 106 cm³/mol. The van der Waals surface area contributed by atoms with Crippen molar-refractivity contribution in [2.45, 2.75) is 13.0 Å². The number of anilines is 1. The van der Waals surface area contributed by atoms with Crippen LogP contribution in [0.2, 0.25) is 10.0 Å². The summed E-state index contributed by atoms with van der Waals surface area (Å²) in [5, 5.41) is 4.60. The molecular formula is C18H17Cl2N3OS. The van der Waals surface area contributed by atoms with E-state index in [2.05, 4.69) is 16.4 Å². The van der Waals surface area contributed by atoms with Crippen molar-refractivity contribution in [1.29, 1.82) is 0 Å². The summed E-state index contributed by atoms with van der Waals surface area (Å²) in [6.07, 6.45) is 0. The summed E-state index contributed by atoms with van der Waals surface area (Å²) in [6, 6.07) is 13.2. The fourth-order valence-electron chi connectivity index (χ4n) is 2.42. The van der Waals surface area contributed by atoms with Gasteiger partial charge in [0, 0.05) is 0 Å². The SMILES string of the molecule is C[C@H](c1nc2ccccc2s1)N(C)CC(=O)Nc1c(Cl)cccc1Cl. The molecule has 1 heterocycles. The number of amides is 1. The van der Waals surface area contributed by atoms with Gasteiger partial charge in [0.15, 0.2) is 0 Å². The Morgan fingerprint density at radius 2 is 1.88 bits per heavy atom. The smallest absolute Gasteiger partial charge is 0.238 e. The van der Waals surface area contributed by atoms with Gasteiger partial charge in [0.1, 0.15) is 5.01 Å². The Labute approximate surface area is 160 Å². The van der Waals surface area contributed by atoms with Gasteiger partial charge in [0.2, 0.25) is 5.91 Å². The van der Waals surface area contributed by atoms with E-state index >= 15 is 0 Å². The standard InChI is InChI=1S/C18H17Cl2N3OS/c1-11(18-21-14-8-3-4-9-15(14)25-18)23(2)10-16(24)22-17-12(19)6-5-7-13(17)20/h3-9,11H,10H2,1-2H3,(H,22,24)/t11-/m1/s1. The highest BCUT2D eigenvalue weighted by Gasteiger charge is 2.19. The van der Waals surface area contributed by atoms with Crippen LogP contribution in [0.5, 0.6) is 0 Å². The Balaban J connectivity index is 1.68. The zero-order valence-electron chi connectivity index (χ0n) is 13.8. The Morgan fingerprint density at radius 3 is 2.56 bits per heavy atom. The van der Waals surface area contributed by atoms with Crippen molar-refractivity contribution in [3.63, 3.8) is 0 Å². The second-order valence-electron chi connectivity index (χ2n) is 5.76. The maximum atomic E-state index is 12.3. The van der Waals surface area contributed by atoms with Gasteiger partial charge in [-0.25, -0.2) is 4.98 Å². The number of carbonyl (C=O) groups excluding carboxylic acids is 1. The molecule has 0 spiro atoms. The molecule has 1 aromatic heterocycles. The van der Waals surface area contributed by atoms with Crippen LogP contribution in [0.1, 0.15) is 18.0 Å². The van der Waals surface area contributed by atoms with Crippen LogP contribution in [-0.2, 0) is 4.79 Å². The van der Waals surface area contributed by atoms with Crippen LogP contribution in [0, 0.1) is 0 Å². The number of thiazole rings is 1. The summed E-state index contributed by atoms with van der Waals surface area (Å²) in [6.45, 7) is 2.24. The van der Waals surface area contributed by atoms with E-state index in [4.69, 9.17) is 23.2 Å². The van der Waals surface area contributed by atoms with E-state index in [-0.39, 0.29) is 18.5 Å². The molecule has 0 fully saturated rings. The molecule has 0 saturated carbocycles. The van der Waals surface area contributed by atoms with Crippen LogP contribution >= 0.6 is 34.5 Å². The van der Waals surface area contributed by atoms with E-state index in [1.807, 2.05) is 37.1 Å². The maximum Gasteiger partial charge on any atom is 0.238 e. The molecule has 0 aliphatic carbocycles. The highest BCUT2D eigenvalue weighted by molar-refractivity contribution is 7.18. The first-order valence-corrected chi connectivity index (χ1v) is 9.32. The molecule has 0 radical (unpaired) electrons. The van der Waals surface area contributed by atoms with Gasteiger partial charge in [0.25, 0.3) is 0 Å². The number of carbonyl (C=O) groups is 1. The van der Waals surface area contributed by atoms with Crippen molar-refractivity contribution < 1.29 is 4.79 Å². The number of fused-ring (bicyclic) bond motifs is 1. The van der Waals surface area contributed by atoms with Gasteiger partial charge in [-0.3, -0.25) is 9.69 Å². The minimum atomic E-state index is -0.175. The number of para-hydroxylation sites is 2. The van der Waals surface area contributed by atoms with Crippen LogP contribution in [0.15, 0.2) is 42.5 Å². The van der Waals surface area contributed by atoms with Gasteiger partial charge in [-0.05, 0) is 38.2 Å². The molecule has 0 aliphatic heterocycles. The Bertz CT molecular complexity index is 859. The van der Waals surface area contributed by atoms with Crippen LogP contribution in [0.25, 0.3) is 10.2 Å². The van der Waals surface area contributed by atoms with Crippen LogP contribution in [0.4, 0.5) is 5.69 Å². The third-order valence-electron chi connectivity index (χ3n) is 3.95. The first kappa shape index (κ1) is 18.1. The summed E-state index contributed by atoms with van der Waals surface area (Å²) in [4.78, 5) is 18.9. The van der Waals surface area contributed by atoms with E-state index in [0.717, 1.165) is 15.2 Å². The lowest BCUT2D eigenvalue weighted by Gasteiger charge is -2.22. The number of nitrogens with one attached hydrogen (secondary N) is 1. The van der Waals surface area contributed by atoms with Gasteiger partial charge >= 0.3 is 0 Å². The molecule has 7 heteroatoms. The van der Waals surface area contributed by atoms with Crippen LogP contribution in [0.3, 0.4) is 0 Å². The average Bonchev–Trinajstić information content (AvgIpc) is 3.01. The van der Waals surface area contributed by atoms with Gasteiger partial charge in [-0.15, -0.1) is 11.3 Å². The molecule has 1 amide bonds. The second-order valence-corrected chi connectivity index (χ2v) is 7.63. The summed E-state index contributed by atoms with van der Waals surface area (Å²) in [5.41, 5.74) is 1.42. The zero-order chi connectivity index (χ0) is 18.0. The number of aromatic nitrogens is 1.